The lowest BCUT2D eigenvalue weighted by Gasteiger charge is -2.42. The molecular weight excluding hydrogens is 1670 g/mol. The van der Waals surface area contributed by atoms with Gasteiger partial charge in [-0.1, -0.05) is 81.5 Å². The van der Waals surface area contributed by atoms with E-state index in [0.717, 1.165) is 22.5 Å². The van der Waals surface area contributed by atoms with Gasteiger partial charge in [0, 0.05) is 113 Å². The fourth-order valence-corrected chi connectivity index (χ4v) is 16.7. The van der Waals surface area contributed by atoms with E-state index in [4.69, 9.17) is 74.1 Å². The SMILES string of the molecule is CO[C@H]1C[C@@H]2CC[C@@H](C)[C@@](O)(O2)C(=O)C(=O)N2CCCC[C@H]2C(=O)O[C@H]([C@H](N)C[C@@H]2CC[C@H](n3cc(-c4cccc(C(=O)NCCOCCOCCOCCC(=O)NCCOCCOCCOCCC(=O)NCCCCn5nc(-c6ccc7oc(N)nc7c6)c6c(N)ncnc65)c4)nn3)[C@H](OC)C2)CC(=O)[C@H](C)/C=C(\C)[C@@H](O)[C@@H](O)C(=O)[C@H](C)C[C@H](C)/C=C/C=C/C=C/1C. The maximum atomic E-state index is 14.8. The number of methoxy groups -OCH3 is 2. The minimum absolute atomic E-state index is 0.000147. The first-order valence-corrected chi connectivity index (χ1v) is 45.0. The Bertz CT molecular complexity index is 4800. The summed E-state index contributed by atoms with van der Waals surface area (Å²) >= 11 is 0. The Kier molecular flexibility index (Phi) is 40.0. The molecule has 2 aromatic carbocycles. The fourth-order valence-electron chi connectivity index (χ4n) is 16.7. The molecule has 2 saturated heterocycles. The molecule has 129 heavy (non-hydrogen) atoms. The van der Waals surface area contributed by atoms with Crippen molar-refractivity contribution in [2.24, 2.45) is 35.3 Å². The van der Waals surface area contributed by atoms with Gasteiger partial charge in [0.15, 0.2) is 17.0 Å². The van der Waals surface area contributed by atoms with Crippen LogP contribution < -0.4 is 33.2 Å². The first kappa shape index (κ1) is 101. The van der Waals surface area contributed by atoms with Crippen LogP contribution in [0.5, 0.6) is 0 Å². The average molecular weight is 1800 g/mol. The number of aliphatic hydroxyl groups excluding tert-OH is 2. The molecule has 4 amide bonds. The molecule has 0 radical (unpaired) electrons. The zero-order valence-electron chi connectivity index (χ0n) is 75.4. The number of Topliss-reactive ketones (excluding diaryl/α,β-unsaturated/α-hetero) is 3. The van der Waals surface area contributed by atoms with Crippen LogP contribution in [0.15, 0.2) is 107 Å². The minimum Gasteiger partial charge on any atom is -0.459 e. The number of anilines is 2. The lowest BCUT2D eigenvalue weighted by molar-refractivity contribution is -0.265. The molecule has 1 saturated carbocycles. The molecule has 15 atom stereocenters. The molecule has 12 N–H and O–H groups in total. The van der Waals surface area contributed by atoms with E-state index in [-0.39, 0.29) is 125 Å². The van der Waals surface area contributed by atoms with Crippen molar-refractivity contribution in [3.63, 3.8) is 0 Å². The number of allylic oxidation sites excluding steroid dienone is 6. The Hall–Kier alpha value is -10.0. The highest BCUT2D eigenvalue weighted by molar-refractivity contribution is 6.39. The molecule has 7 heterocycles. The number of cyclic esters (lactones) is 1. The molecule has 4 aliphatic rings. The summed E-state index contributed by atoms with van der Waals surface area (Å²) in [6.45, 7) is 15.4. The predicted octanol–water partition coefficient (Wildman–Crippen LogP) is 6.79. The molecule has 6 aromatic rings. The molecule has 1 aliphatic carbocycles. The second-order valence-electron chi connectivity index (χ2n) is 33.8. The van der Waals surface area contributed by atoms with E-state index in [9.17, 15) is 53.7 Å². The zero-order chi connectivity index (χ0) is 92.5. The highest BCUT2D eigenvalue weighted by Crippen LogP contribution is 2.40. The van der Waals surface area contributed by atoms with Gasteiger partial charge < -0.3 is 105 Å². The van der Waals surface area contributed by atoms with Crippen molar-refractivity contribution in [2.45, 2.75) is 211 Å². The number of ketones is 3. The first-order chi connectivity index (χ1) is 62.1. The summed E-state index contributed by atoms with van der Waals surface area (Å²) in [6.07, 6.45) is 13.7. The molecule has 3 aliphatic heterocycles. The van der Waals surface area contributed by atoms with Gasteiger partial charge in [-0.2, -0.15) is 10.1 Å². The standard InChI is InChI=1S/C92H131N15O22/c1-57-17-10-9-11-18-58(2)75(119-7)53-67-25-22-62(6)92(118,129-67)85(114)89(116)105-33-14-12-21-72(105)90(117)127-76(54-73(108)59(3)48-61(5)83(112)84(113)82(111)60(4)47-57)68(93)49-63-23-26-71(77(50-63)120-8)107-55-70(102-104-107)64-19-16-20-66(51-64)88(115)98-32-38-124-42-46-126-44-40-122-36-29-79(110)97-31-37-123-41-45-125-43-39-121-35-28-78(109)96-30-13-15-34-106-87-80(86(94)99-56-100-87)81(103-106)65-24-27-74-69(52-65)101-91(95)128-74/h9-11,16-20,24,27,48,51-52,55-57,59-60,62-63,67-68,71-72,75-77,83-84,112-113,118H,12-15,21-23,25-26,28-47,49-50,53-54,93H2,1-8H3,(H2,95,101)(H,96,109)(H,97,110)(H,98,115)(H2,94,99,100)/b11-9+,17-10+,58-18+,61-48+/t57-,59-,60-,62-,63+,67+,68-,71+,72+,75+,76+,77-,83-,84+,92-/m1/s1. The van der Waals surface area contributed by atoms with Gasteiger partial charge in [0.25, 0.3) is 23.6 Å². The predicted molar refractivity (Wildman–Crippen MR) is 477 cm³/mol. The zero-order valence-corrected chi connectivity index (χ0v) is 75.4. The van der Waals surface area contributed by atoms with Gasteiger partial charge >= 0.3 is 5.97 Å². The number of aliphatic hydroxyl groups is 3. The summed E-state index contributed by atoms with van der Waals surface area (Å²) in [5, 5.41) is 57.8. The second-order valence-corrected chi connectivity index (χ2v) is 33.8. The number of oxazole rings is 1. The van der Waals surface area contributed by atoms with Crippen LogP contribution in [0.3, 0.4) is 0 Å². The van der Waals surface area contributed by atoms with Crippen LogP contribution in [-0.2, 0) is 87.5 Å². The molecule has 3 fully saturated rings. The smallest absolute Gasteiger partial charge is 0.329 e. The lowest BCUT2D eigenvalue weighted by Crippen LogP contribution is -2.61. The third kappa shape index (κ3) is 29.5. The maximum absolute atomic E-state index is 14.8. The van der Waals surface area contributed by atoms with Crippen LogP contribution in [0.4, 0.5) is 11.8 Å². The average Bonchev–Trinajstić information content (AvgIpc) is 1.71. The number of benzene rings is 2. The van der Waals surface area contributed by atoms with E-state index in [1.165, 1.54) is 19.3 Å². The summed E-state index contributed by atoms with van der Waals surface area (Å²) < 4.78 is 67.0. The monoisotopic (exact) mass is 1800 g/mol. The van der Waals surface area contributed by atoms with Crippen molar-refractivity contribution in [1.29, 1.82) is 0 Å². The number of nitrogens with two attached hydrogens (primary N) is 3. The number of aromatic nitrogens is 8. The van der Waals surface area contributed by atoms with Crippen LogP contribution in [0, 0.1) is 29.6 Å². The Morgan fingerprint density at radius 2 is 1.40 bits per heavy atom. The van der Waals surface area contributed by atoms with E-state index in [2.05, 4.69) is 41.2 Å². The highest BCUT2D eigenvalue weighted by Gasteiger charge is 2.53. The maximum Gasteiger partial charge on any atom is 0.329 e. The number of esters is 1. The largest absolute Gasteiger partial charge is 0.459 e. The van der Waals surface area contributed by atoms with E-state index in [1.807, 2.05) is 62.4 Å². The second kappa shape index (κ2) is 51.0. The van der Waals surface area contributed by atoms with Crippen molar-refractivity contribution in [3.8, 4) is 22.5 Å². The fraction of sp³-hybridized carbons (Fsp3) is 0.609. The van der Waals surface area contributed by atoms with E-state index >= 15 is 0 Å². The van der Waals surface area contributed by atoms with Gasteiger partial charge in [-0.15, -0.1) is 5.10 Å². The summed E-state index contributed by atoms with van der Waals surface area (Å²) in [5.41, 5.74) is 24.9. The molecule has 0 spiro atoms. The number of hydrogen-bond donors (Lipinski definition) is 9. The van der Waals surface area contributed by atoms with Crippen molar-refractivity contribution < 1.29 is 105 Å². The molecular formula is C92H131N15O22. The summed E-state index contributed by atoms with van der Waals surface area (Å²) in [6, 6.07) is 10.1. The summed E-state index contributed by atoms with van der Waals surface area (Å²) in [5.74, 6) is -9.52. The first-order valence-electron chi connectivity index (χ1n) is 45.0. The van der Waals surface area contributed by atoms with Crippen molar-refractivity contribution in [1.82, 2.24) is 60.6 Å². The molecule has 37 nitrogen and oxygen atoms in total. The molecule has 37 heteroatoms. The lowest BCUT2D eigenvalue weighted by atomic mass is 9.79. The number of fused-ring (bicyclic) bond motifs is 5. The molecule has 706 valence electrons. The van der Waals surface area contributed by atoms with Crippen LogP contribution in [0.25, 0.3) is 44.6 Å². The number of carbonyl (C=O) groups excluding carboxylic acids is 8. The number of amides is 4. The normalized spacial score (nSPS) is 26.2. The number of nitrogens with one attached hydrogen (secondary N) is 3. The van der Waals surface area contributed by atoms with Crippen molar-refractivity contribution in [2.75, 3.05) is 131 Å². The Morgan fingerprint density at radius 3 is 2.11 bits per heavy atom. The van der Waals surface area contributed by atoms with Gasteiger partial charge in [0.05, 0.1) is 115 Å². The molecule has 10 rings (SSSR count). The van der Waals surface area contributed by atoms with Crippen molar-refractivity contribution in [3.05, 3.63) is 108 Å². The Morgan fingerprint density at radius 1 is 0.713 bits per heavy atom. The van der Waals surface area contributed by atoms with Gasteiger partial charge in [-0.3, -0.25) is 33.6 Å². The summed E-state index contributed by atoms with van der Waals surface area (Å²) in [4.78, 5) is 124. The third-order valence-electron chi connectivity index (χ3n) is 24.2. The van der Waals surface area contributed by atoms with Crippen LogP contribution >= 0.6 is 0 Å². The quantitative estimate of drug-likeness (QED) is 0.00833. The summed E-state index contributed by atoms with van der Waals surface area (Å²) in [7, 11) is 3.15. The van der Waals surface area contributed by atoms with Crippen LogP contribution in [-0.4, -0.2) is 281 Å². The van der Waals surface area contributed by atoms with Crippen molar-refractivity contribution >= 4 is 80.9 Å². The third-order valence-corrected chi connectivity index (χ3v) is 24.2. The Balaban J connectivity index is 0.586. The van der Waals surface area contributed by atoms with Gasteiger partial charge in [0.2, 0.25) is 17.6 Å². The van der Waals surface area contributed by atoms with Gasteiger partial charge in [-0.25, -0.2) is 24.1 Å². The number of piperidine rings is 1. The number of aryl methyl sites for hydroxylation is 1. The highest BCUT2D eigenvalue weighted by atomic mass is 16.6. The van der Waals surface area contributed by atoms with E-state index < -0.39 is 108 Å². The number of nitrogens with zero attached hydrogens (tertiary/aromatic N) is 9. The molecule has 4 aromatic heterocycles. The number of ether oxygens (including phenoxy) is 10. The van der Waals surface area contributed by atoms with E-state index in [0.29, 0.717) is 174 Å². The van der Waals surface area contributed by atoms with Crippen LogP contribution in [0.2, 0.25) is 0 Å². The van der Waals surface area contributed by atoms with E-state index in [1.54, 1.807) is 74.8 Å². The minimum atomic E-state index is -2.51. The Labute approximate surface area is 752 Å². The number of rotatable bonds is 38. The number of hydrogen-bond acceptors (Lipinski definition) is 31. The van der Waals surface area contributed by atoms with Gasteiger partial charge in [-0.05, 0) is 144 Å². The molecule has 2 bridgehead atoms. The topological polar surface area (TPSA) is 507 Å². The van der Waals surface area contributed by atoms with Gasteiger partial charge in [0.1, 0.15) is 59.2 Å². The van der Waals surface area contributed by atoms with Crippen LogP contribution in [0.1, 0.15) is 161 Å². The number of nitrogen functional groups attached to an aromatic ring is 2. The molecule has 0 unspecified atom stereocenters. The number of carbonyl (C=O) groups is 8. The number of unbranched alkanes of at least 4 members (excludes halogenated alkanes) is 1.